The number of methoxy groups -OCH3 is 1. The maximum absolute atomic E-state index is 12.4. The van der Waals surface area contributed by atoms with Crippen molar-refractivity contribution in [1.82, 2.24) is 14.5 Å². The fourth-order valence-corrected chi connectivity index (χ4v) is 3.77. The molecule has 0 radical (unpaired) electrons. The third-order valence-corrected chi connectivity index (χ3v) is 5.26. The summed E-state index contributed by atoms with van der Waals surface area (Å²) in [6, 6.07) is 11.0. The van der Waals surface area contributed by atoms with Gasteiger partial charge in [0, 0.05) is 36.0 Å². The lowest BCUT2D eigenvalue weighted by molar-refractivity contribution is -0.122. The number of ether oxygens (including phenoxy) is 1. The lowest BCUT2D eigenvalue weighted by atomic mass is 10.2. The summed E-state index contributed by atoms with van der Waals surface area (Å²) in [5.74, 6) is -0.328. The molecule has 0 saturated heterocycles. The Kier molecular flexibility index (Phi) is 5.34. The van der Waals surface area contributed by atoms with Gasteiger partial charge in [0.15, 0.2) is 0 Å². The molecule has 0 bridgehead atoms. The van der Waals surface area contributed by atoms with Crippen LogP contribution in [-0.2, 0) is 23.1 Å². The van der Waals surface area contributed by atoms with Crippen LogP contribution >= 0.6 is 11.3 Å². The summed E-state index contributed by atoms with van der Waals surface area (Å²) >= 11 is 1.59. The normalized spacial score (nSPS) is 12.2. The van der Waals surface area contributed by atoms with E-state index in [1.54, 1.807) is 18.4 Å². The second-order valence-corrected chi connectivity index (χ2v) is 7.00. The Morgan fingerprint density at radius 1 is 1.27 bits per heavy atom. The van der Waals surface area contributed by atoms with Crippen molar-refractivity contribution in [3.8, 4) is 0 Å². The number of carbonyl (C=O) groups excluding carboxylic acids is 1. The molecular weight excluding hydrogens is 354 g/mol. The number of carbonyl (C=O) groups is 1. The van der Waals surface area contributed by atoms with Crippen LogP contribution in [0.3, 0.4) is 0 Å². The highest BCUT2D eigenvalue weighted by molar-refractivity contribution is 7.19. The smallest absolute Gasteiger partial charge is 0.331 e. The summed E-state index contributed by atoms with van der Waals surface area (Å²) in [6.45, 7) is 0.152. The van der Waals surface area contributed by atoms with Crippen molar-refractivity contribution in [2.24, 2.45) is 7.05 Å². The first-order valence-corrected chi connectivity index (χ1v) is 8.84. The number of thiophene rings is 1. The number of rotatable bonds is 6. The molecule has 7 nitrogen and oxygen atoms in total. The fourth-order valence-electron chi connectivity index (χ4n) is 2.67. The highest BCUT2D eigenvalue weighted by Crippen LogP contribution is 2.29. The Hall–Kier alpha value is -2.71. The quantitative estimate of drug-likeness (QED) is 0.705. The number of hydrogen-bond donors (Lipinski definition) is 1. The van der Waals surface area contributed by atoms with E-state index >= 15 is 0 Å². The van der Waals surface area contributed by atoms with Gasteiger partial charge in [0.1, 0.15) is 6.54 Å². The summed E-state index contributed by atoms with van der Waals surface area (Å²) in [7, 11) is 2.95. The van der Waals surface area contributed by atoms with Crippen molar-refractivity contribution >= 4 is 27.3 Å². The SMILES string of the molecule is COCC(NC(=O)Cn1ccc(=O)n(C)c1=O)c1cc2ccccc2s1. The molecule has 1 unspecified atom stereocenters. The lowest BCUT2D eigenvalue weighted by Gasteiger charge is -2.17. The summed E-state index contributed by atoms with van der Waals surface area (Å²) < 4.78 is 8.54. The molecule has 0 spiro atoms. The maximum Gasteiger partial charge on any atom is 0.331 e. The molecule has 0 aliphatic heterocycles. The maximum atomic E-state index is 12.4. The van der Waals surface area contributed by atoms with Crippen LogP contribution in [0.1, 0.15) is 10.9 Å². The molecule has 2 heterocycles. The predicted octanol–water partition coefficient (Wildman–Crippen LogP) is 1.27. The van der Waals surface area contributed by atoms with Crippen molar-refractivity contribution in [2.75, 3.05) is 13.7 Å². The monoisotopic (exact) mass is 373 g/mol. The molecule has 2 aromatic heterocycles. The van der Waals surface area contributed by atoms with Crippen LogP contribution in [-0.4, -0.2) is 28.8 Å². The zero-order valence-corrected chi connectivity index (χ0v) is 15.3. The van der Waals surface area contributed by atoms with E-state index in [9.17, 15) is 14.4 Å². The van der Waals surface area contributed by atoms with Gasteiger partial charge < -0.3 is 10.1 Å². The highest BCUT2D eigenvalue weighted by Gasteiger charge is 2.18. The molecule has 1 aromatic carbocycles. The van der Waals surface area contributed by atoms with Crippen LogP contribution in [0, 0.1) is 0 Å². The molecule has 1 N–H and O–H groups in total. The van der Waals surface area contributed by atoms with Gasteiger partial charge >= 0.3 is 5.69 Å². The van der Waals surface area contributed by atoms with Gasteiger partial charge in [-0.2, -0.15) is 0 Å². The summed E-state index contributed by atoms with van der Waals surface area (Å²) in [5.41, 5.74) is -0.938. The zero-order chi connectivity index (χ0) is 18.7. The molecule has 3 rings (SSSR count). The molecule has 26 heavy (non-hydrogen) atoms. The average Bonchev–Trinajstić information content (AvgIpc) is 3.06. The Morgan fingerprint density at radius 2 is 2.04 bits per heavy atom. The van der Waals surface area contributed by atoms with Crippen LogP contribution in [0.25, 0.3) is 10.1 Å². The number of benzene rings is 1. The molecule has 0 fully saturated rings. The second-order valence-electron chi connectivity index (χ2n) is 5.89. The minimum absolute atomic E-state index is 0.169. The van der Waals surface area contributed by atoms with E-state index in [2.05, 4.69) is 5.32 Å². The number of aromatic nitrogens is 2. The Labute approximate surface area is 153 Å². The Balaban J connectivity index is 1.79. The zero-order valence-electron chi connectivity index (χ0n) is 14.5. The standard InChI is InChI=1S/C18H19N3O4S/c1-20-17(23)7-8-21(18(20)24)10-16(22)19-13(11-25-2)15-9-12-5-3-4-6-14(12)26-15/h3-9,13H,10-11H2,1-2H3,(H,19,22). The fraction of sp³-hybridized carbons (Fsp3) is 0.278. The molecule has 0 aliphatic rings. The molecule has 136 valence electrons. The molecule has 3 aromatic rings. The van der Waals surface area contributed by atoms with Crippen molar-refractivity contribution in [1.29, 1.82) is 0 Å². The largest absolute Gasteiger partial charge is 0.382 e. The van der Waals surface area contributed by atoms with Crippen LogP contribution in [0.4, 0.5) is 0 Å². The third kappa shape index (κ3) is 3.76. The van der Waals surface area contributed by atoms with Gasteiger partial charge in [-0.15, -0.1) is 11.3 Å². The minimum Gasteiger partial charge on any atom is -0.382 e. The predicted molar refractivity (Wildman–Crippen MR) is 101 cm³/mol. The van der Waals surface area contributed by atoms with E-state index in [1.165, 1.54) is 23.9 Å². The summed E-state index contributed by atoms with van der Waals surface area (Å²) in [5, 5.41) is 4.01. The van der Waals surface area contributed by atoms with Crippen molar-refractivity contribution in [3.05, 3.63) is 68.3 Å². The molecule has 1 atom stereocenters. The Bertz CT molecular complexity index is 1020. The van der Waals surface area contributed by atoms with Crippen LogP contribution in [0.15, 0.2) is 52.2 Å². The summed E-state index contributed by atoms with van der Waals surface area (Å²) in [6.07, 6.45) is 1.33. The average molecular weight is 373 g/mol. The van der Waals surface area contributed by atoms with Crippen molar-refractivity contribution in [2.45, 2.75) is 12.6 Å². The molecule has 1 amide bonds. The van der Waals surface area contributed by atoms with Gasteiger partial charge in [-0.1, -0.05) is 18.2 Å². The molecule has 0 aliphatic carbocycles. The van der Waals surface area contributed by atoms with E-state index in [4.69, 9.17) is 4.74 Å². The van der Waals surface area contributed by atoms with Crippen molar-refractivity contribution in [3.63, 3.8) is 0 Å². The highest BCUT2D eigenvalue weighted by atomic mass is 32.1. The lowest BCUT2D eigenvalue weighted by Crippen LogP contribution is -2.41. The third-order valence-electron chi connectivity index (χ3n) is 4.03. The van der Waals surface area contributed by atoms with E-state index in [0.29, 0.717) is 6.61 Å². The van der Waals surface area contributed by atoms with E-state index in [1.807, 2.05) is 30.3 Å². The van der Waals surface area contributed by atoms with Gasteiger partial charge in [-0.25, -0.2) is 4.79 Å². The number of nitrogens with one attached hydrogen (secondary N) is 1. The van der Waals surface area contributed by atoms with E-state index in [-0.39, 0.29) is 18.5 Å². The Morgan fingerprint density at radius 3 is 2.77 bits per heavy atom. The number of amides is 1. The van der Waals surface area contributed by atoms with E-state index in [0.717, 1.165) is 19.5 Å². The number of nitrogens with zero attached hydrogens (tertiary/aromatic N) is 2. The second kappa shape index (κ2) is 7.67. The molecule has 0 saturated carbocycles. The van der Waals surface area contributed by atoms with Crippen LogP contribution in [0.5, 0.6) is 0 Å². The van der Waals surface area contributed by atoms with Crippen LogP contribution < -0.4 is 16.6 Å². The van der Waals surface area contributed by atoms with Crippen molar-refractivity contribution < 1.29 is 9.53 Å². The first-order chi connectivity index (χ1) is 12.5. The number of hydrogen-bond acceptors (Lipinski definition) is 5. The van der Waals surface area contributed by atoms with Gasteiger partial charge in [0.2, 0.25) is 5.91 Å². The van der Waals surface area contributed by atoms with Gasteiger partial charge in [0.25, 0.3) is 5.56 Å². The van der Waals surface area contributed by atoms with Gasteiger partial charge in [-0.3, -0.25) is 18.7 Å². The number of fused-ring (bicyclic) bond motifs is 1. The topological polar surface area (TPSA) is 82.3 Å². The summed E-state index contributed by atoms with van der Waals surface area (Å²) in [4.78, 5) is 36.9. The minimum atomic E-state index is -0.530. The first kappa shape index (κ1) is 18.1. The molecule has 8 heteroatoms. The van der Waals surface area contributed by atoms with Gasteiger partial charge in [0.05, 0.1) is 12.6 Å². The molecular formula is C18H19N3O4S. The van der Waals surface area contributed by atoms with E-state index < -0.39 is 11.2 Å². The van der Waals surface area contributed by atoms with Crippen LogP contribution in [0.2, 0.25) is 0 Å². The van der Waals surface area contributed by atoms with Gasteiger partial charge in [-0.05, 0) is 17.5 Å². The first-order valence-electron chi connectivity index (χ1n) is 8.03.